The lowest BCUT2D eigenvalue weighted by atomic mass is 10.2. The van der Waals surface area contributed by atoms with Gasteiger partial charge in [-0.05, 0) is 19.9 Å². The minimum Gasteiger partial charge on any atom is -0.462 e. The third-order valence-corrected chi connectivity index (χ3v) is 4.68. The number of carbonyl (C=O) groups excluding carboxylic acids is 3. The Morgan fingerprint density at radius 1 is 1.50 bits per heavy atom. The molecule has 0 radical (unpaired) electrons. The number of ether oxygens (including phenoxy) is 1. The molecule has 0 unspecified atom stereocenters. The van der Waals surface area contributed by atoms with E-state index in [2.05, 4.69) is 10.3 Å². The lowest BCUT2D eigenvalue weighted by molar-refractivity contribution is -0.121. The quantitative estimate of drug-likeness (QED) is 0.786. The standard InChI is InChI=1S/C13H15N3O4S2/c1-3-20-12(19)7-4-6(2)21-11(7)15-9(17)5-8-10(18)16-13(14)22-8/h4,8H,3,5H2,1-2H3,(H,15,17)(H2,14,16,18)/t8-/m0/s1. The number of rotatable bonds is 5. The molecule has 0 saturated carbocycles. The summed E-state index contributed by atoms with van der Waals surface area (Å²) in [4.78, 5) is 39.8. The summed E-state index contributed by atoms with van der Waals surface area (Å²) in [6.07, 6.45) is -0.0487. The molecule has 9 heteroatoms. The van der Waals surface area contributed by atoms with Crippen LogP contribution in [0.4, 0.5) is 5.00 Å². The smallest absolute Gasteiger partial charge is 0.341 e. The first-order chi connectivity index (χ1) is 10.4. The molecule has 0 aromatic carbocycles. The average molecular weight is 341 g/mol. The van der Waals surface area contributed by atoms with Crippen LogP contribution in [-0.2, 0) is 14.3 Å². The SMILES string of the molecule is CCOC(=O)c1cc(C)sc1NC(=O)C[C@@H]1SC(N)=NC1=O. The van der Waals surface area contributed by atoms with E-state index < -0.39 is 17.1 Å². The number of hydrogen-bond acceptors (Lipinski definition) is 7. The Kier molecular flexibility index (Phi) is 5.19. The molecule has 1 aromatic rings. The van der Waals surface area contributed by atoms with Gasteiger partial charge in [-0.25, -0.2) is 4.79 Å². The Morgan fingerprint density at radius 3 is 2.82 bits per heavy atom. The Hall–Kier alpha value is -1.87. The predicted molar refractivity (Wildman–Crippen MR) is 86.3 cm³/mol. The molecule has 3 N–H and O–H groups in total. The fraction of sp³-hybridized carbons (Fsp3) is 0.385. The highest BCUT2D eigenvalue weighted by molar-refractivity contribution is 8.15. The number of amidine groups is 1. The van der Waals surface area contributed by atoms with Gasteiger partial charge in [0.1, 0.15) is 10.3 Å². The Balaban J connectivity index is 2.03. The molecule has 2 amide bonds. The molecular weight excluding hydrogens is 326 g/mol. The van der Waals surface area contributed by atoms with Crippen molar-refractivity contribution in [3.63, 3.8) is 0 Å². The van der Waals surface area contributed by atoms with Crippen LogP contribution in [0.3, 0.4) is 0 Å². The topological polar surface area (TPSA) is 111 Å². The van der Waals surface area contributed by atoms with Gasteiger partial charge in [0.2, 0.25) is 5.91 Å². The number of thioether (sulfide) groups is 1. The van der Waals surface area contributed by atoms with Crippen LogP contribution in [0.1, 0.15) is 28.6 Å². The first kappa shape index (κ1) is 16.5. The van der Waals surface area contributed by atoms with Crippen molar-refractivity contribution in [1.29, 1.82) is 0 Å². The summed E-state index contributed by atoms with van der Waals surface area (Å²) in [6, 6.07) is 1.66. The van der Waals surface area contributed by atoms with Crippen molar-refractivity contribution in [1.82, 2.24) is 0 Å². The molecule has 7 nitrogen and oxygen atoms in total. The summed E-state index contributed by atoms with van der Waals surface area (Å²) in [5.74, 6) is -1.27. The van der Waals surface area contributed by atoms with Gasteiger partial charge in [-0.3, -0.25) is 9.59 Å². The number of amides is 2. The molecule has 0 spiro atoms. The van der Waals surface area contributed by atoms with E-state index in [-0.39, 0.29) is 24.1 Å². The zero-order chi connectivity index (χ0) is 16.3. The summed E-state index contributed by atoms with van der Waals surface area (Å²) in [6.45, 7) is 3.79. The first-order valence-electron chi connectivity index (χ1n) is 6.52. The van der Waals surface area contributed by atoms with Crippen LogP contribution in [0.2, 0.25) is 0 Å². The molecule has 1 aliphatic rings. The third-order valence-electron chi connectivity index (χ3n) is 2.73. The molecule has 0 fully saturated rings. The van der Waals surface area contributed by atoms with Gasteiger partial charge in [-0.15, -0.1) is 11.3 Å². The maximum absolute atomic E-state index is 12.0. The van der Waals surface area contributed by atoms with Crippen molar-refractivity contribution in [2.45, 2.75) is 25.5 Å². The second-order valence-electron chi connectivity index (χ2n) is 4.47. The summed E-state index contributed by atoms with van der Waals surface area (Å²) < 4.78 is 4.95. The van der Waals surface area contributed by atoms with E-state index in [1.807, 2.05) is 6.92 Å². The normalized spacial score (nSPS) is 17.3. The summed E-state index contributed by atoms with van der Waals surface area (Å²) in [7, 11) is 0. The van der Waals surface area contributed by atoms with Gasteiger partial charge in [0.25, 0.3) is 5.91 Å². The molecule has 1 aliphatic heterocycles. The molecule has 2 rings (SSSR count). The molecule has 118 valence electrons. The van der Waals surface area contributed by atoms with E-state index in [1.54, 1.807) is 13.0 Å². The van der Waals surface area contributed by atoms with Crippen molar-refractivity contribution in [2.75, 3.05) is 11.9 Å². The van der Waals surface area contributed by atoms with E-state index in [0.29, 0.717) is 10.6 Å². The van der Waals surface area contributed by atoms with Crippen molar-refractivity contribution < 1.29 is 19.1 Å². The molecule has 1 atom stereocenters. The summed E-state index contributed by atoms with van der Waals surface area (Å²) in [5, 5.41) is 2.64. The maximum atomic E-state index is 12.0. The Morgan fingerprint density at radius 2 is 2.23 bits per heavy atom. The second-order valence-corrected chi connectivity index (χ2v) is 6.95. The summed E-state index contributed by atoms with van der Waals surface area (Å²) in [5.41, 5.74) is 5.76. The number of aryl methyl sites for hydroxylation is 1. The highest BCUT2D eigenvalue weighted by atomic mass is 32.2. The molecule has 2 heterocycles. The van der Waals surface area contributed by atoms with E-state index in [0.717, 1.165) is 16.6 Å². The monoisotopic (exact) mass is 341 g/mol. The van der Waals surface area contributed by atoms with Crippen LogP contribution >= 0.6 is 23.1 Å². The highest BCUT2D eigenvalue weighted by Crippen LogP contribution is 2.29. The van der Waals surface area contributed by atoms with E-state index in [9.17, 15) is 14.4 Å². The number of nitrogens with two attached hydrogens (primary N) is 1. The van der Waals surface area contributed by atoms with E-state index in [1.165, 1.54) is 11.3 Å². The molecule has 1 aromatic heterocycles. The van der Waals surface area contributed by atoms with Crippen LogP contribution < -0.4 is 11.1 Å². The third kappa shape index (κ3) is 3.86. The predicted octanol–water partition coefficient (Wildman–Crippen LogP) is 1.52. The van der Waals surface area contributed by atoms with Crippen LogP contribution in [0, 0.1) is 6.92 Å². The molecule has 22 heavy (non-hydrogen) atoms. The van der Waals surface area contributed by atoms with Crippen LogP contribution in [-0.4, -0.2) is 34.8 Å². The van der Waals surface area contributed by atoms with Gasteiger partial charge in [-0.2, -0.15) is 4.99 Å². The zero-order valence-corrected chi connectivity index (χ0v) is 13.7. The Labute approximate surface area is 135 Å². The van der Waals surface area contributed by atoms with Crippen LogP contribution in [0.5, 0.6) is 0 Å². The number of thiophene rings is 1. The maximum Gasteiger partial charge on any atom is 0.341 e. The van der Waals surface area contributed by atoms with E-state index in [4.69, 9.17) is 10.5 Å². The van der Waals surface area contributed by atoms with Gasteiger partial charge in [0.05, 0.1) is 12.2 Å². The van der Waals surface area contributed by atoms with Crippen LogP contribution in [0.15, 0.2) is 11.1 Å². The minimum atomic E-state index is -0.605. The van der Waals surface area contributed by atoms with Gasteiger partial charge < -0.3 is 15.8 Å². The summed E-state index contributed by atoms with van der Waals surface area (Å²) >= 11 is 2.34. The zero-order valence-electron chi connectivity index (χ0n) is 12.0. The number of hydrogen-bond donors (Lipinski definition) is 2. The fourth-order valence-corrected chi connectivity index (χ4v) is 3.58. The number of esters is 1. The van der Waals surface area contributed by atoms with Crippen molar-refractivity contribution >= 4 is 51.1 Å². The van der Waals surface area contributed by atoms with Gasteiger partial charge in [-0.1, -0.05) is 11.8 Å². The van der Waals surface area contributed by atoms with E-state index >= 15 is 0 Å². The number of nitrogens with one attached hydrogen (secondary N) is 1. The van der Waals surface area contributed by atoms with Crippen LogP contribution in [0.25, 0.3) is 0 Å². The first-order valence-corrected chi connectivity index (χ1v) is 8.22. The lowest BCUT2D eigenvalue weighted by Gasteiger charge is -2.08. The number of anilines is 1. The molecular formula is C13H15N3O4S2. The lowest BCUT2D eigenvalue weighted by Crippen LogP contribution is -2.22. The Bertz CT molecular complexity index is 654. The molecule has 0 saturated heterocycles. The van der Waals surface area contributed by atoms with Gasteiger partial charge in [0, 0.05) is 11.3 Å². The average Bonchev–Trinajstić information content (AvgIpc) is 2.93. The fourth-order valence-electron chi connectivity index (χ4n) is 1.85. The number of aliphatic imine (C=N–C) groups is 1. The van der Waals surface area contributed by atoms with Crippen molar-refractivity contribution in [2.24, 2.45) is 10.7 Å². The molecule has 0 bridgehead atoms. The molecule has 0 aliphatic carbocycles. The largest absolute Gasteiger partial charge is 0.462 e. The number of carbonyl (C=O) groups is 3. The van der Waals surface area contributed by atoms with Crippen molar-refractivity contribution in [3.05, 3.63) is 16.5 Å². The van der Waals surface area contributed by atoms with Gasteiger partial charge >= 0.3 is 5.97 Å². The van der Waals surface area contributed by atoms with Gasteiger partial charge in [0.15, 0.2) is 5.17 Å². The second kappa shape index (κ2) is 6.93. The minimum absolute atomic E-state index is 0.0487. The number of nitrogens with zero attached hydrogens (tertiary/aromatic N) is 1. The van der Waals surface area contributed by atoms with Crippen molar-refractivity contribution in [3.8, 4) is 0 Å². The highest BCUT2D eigenvalue weighted by Gasteiger charge is 2.29.